The quantitative estimate of drug-likeness (QED) is 0.161. The number of aryl methyl sites for hydroxylation is 1. The molecule has 1 aromatic heterocycles. The summed E-state index contributed by atoms with van der Waals surface area (Å²) in [5, 5.41) is 12.0. The maximum atomic E-state index is 13.8. The summed E-state index contributed by atoms with van der Waals surface area (Å²) in [5.41, 5.74) is 0.327. The molecule has 0 N–H and O–H groups in total. The Morgan fingerprint density at radius 1 is 1.14 bits per heavy atom. The average molecular weight is 607 g/mol. The normalized spacial score (nSPS) is 15.1. The number of hydrogen-bond acceptors (Lipinski definition) is 10. The van der Waals surface area contributed by atoms with Gasteiger partial charge in [-0.2, -0.15) is 12.7 Å². The van der Waals surface area contributed by atoms with Gasteiger partial charge in [-0.1, -0.05) is 22.0 Å². The second-order valence-corrected chi connectivity index (χ2v) is 12.5. The van der Waals surface area contributed by atoms with Crippen molar-refractivity contribution in [3.63, 3.8) is 0 Å². The summed E-state index contributed by atoms with van der Waals surface area (Å²) in [6.07, 6.45) is 2.60. The van der Waals surface area contributed by atoms with E-state index in [1.54, 1.807) is 24.1 Å². The molecular formula is C21H28BrN5O7S2. The van der Waals surface area contributed by atoms with Gasteiger partial charge in [0.25, 0.3) is 15.8 Å². The van der Waals surface area contributed by atoms with Crippen LogP contribution in [-0.4, -0.2) is 88.5 Å². The minimum absolute atomic E-state index is 0.0628. The van der Waals surface area contributed by atoms with E-state index in [1.165, 1.54) is 10.4 Å². The topological polar surface area (TPSA) is 143 Å². The van der Waals surface area contributed by atoms with Crippen LogP contribution in [0.3, 0.4) is 0 Å². The van der Waals surface area contributed by atoms with Crippen molar-refractivity contribution in [1.82, 2.24) is 9.29 Å². The lowest BCUT2D eigenvalue weighted by atomic mass is 10.1. The lowest BCUT2D eigenvalue weighted by molar-refractivity contribution is -0.385. The van der Waals surface area contributed by atoms with Crippen molar-refractivity contribution in [2.24, 2.45) is 0 Å². The Balaban J connectivity index is 1.96. The third-order valence-electron chi connectivity index (χ3n) is 5.62. The molecule has 36 heavy (non-hydrogen) atoms. The molecule has 0 unspecified atom stereocenters. The minimum atomic E-state index is -4.13. The summed E-state index contributed by atoms with van der Waals surface area (Å²) in [6, 6.07) is 7.89. The van der Waals surface area contributed by atoms with Gasteiger partial charge in [0.15, 0.2) is 0 Å². The summed E-state index contributed by atoms with van der Waals surface area (Å²) in [7, 11) is -7.82. The number of piperazine rings is 1. The fourth-order valence-electron chi connectivity index (χ4n) is 4.01. The highest BCUT2D eigenvalue weighted by Gasteiger charge is 2.34. The first kappa shape index (κ1) is 28.2. The zero-order valence-electron chi connectivity index (χ0n) is 19.9. The first-order valence-electron chi connectivity index (χ1n) is 11.0. The predicted octanol–water partition coefficient (Wildman–Crippen LogP) is 1.99. The molecule has 1 aliphatic rings. The number of pyridine rings is 1. The number of rotatable bonds is 11. The van der Waals surface area contributed by atoms with E-state index in [2.05, 4.69) is 20.9 Å². The van der Waals surface area contributed by atoms with Gasteiger partial charge in [-0.25, -0.2) is 13.4 Å². The number of halogens is 1. The van der Waals surface area contributed by atoms with E-state index in [9.17, 15) is 26.9 Å². The smallest absolute Gasteiger partial charge is 0.271 e. The van der Waals surface area contributed by atoms with Gasteiger partial charge < -0.3 is 9.80 Å². The zero-order valence-corrected chi connectivity index (χ0v) is 23.1. The van der Waals surface area contributed by atoms with E-state index in [4.69, 9.17) is 4.18 Å². The highest BCUT2D eigenvalue weighted by molar-refractivity contribution is 9.09. The molecule has 12 nitrogen and oxygen atoms in total. The molecule has 198 valence electrons. The van der Waals surface area contributed by atoms with Gasteiger partial charge >= 0.3 is 0 Å². The molecule has 0 saturated carbocycles. The summed E-state index contributed by atoms with van der Waals surface area (Å²) in [5.74, 6) is 0.746. The van der Waals surface area contributed by atoms with Crippen molar-refractivity contribution in [2.45, 2.75) is 11.8 Å². The van der Waals surface area contributed by atoms with E-state index in [0.29, 0.717) is 30.5 Å². The number of nitro groups is 1. The highest BCUT2D eigenvalue weighted by Crippen LogP contribution is 2.35. The Labute approximate surface area is 219 Å². The monoisotopic (exact) mass is 605 g/mol. The summed E-state index contributed by atoms with van der Waals surface area (Å²) in [4.78, 5) is 18.7. The number of sulfonamides is 1. The number of nitrogens with zero attached hydrogens (tertiary/aromatic N) is 5. The third kappa shape index (κ3) is 6.91. The van der Waals surface area contributed by atoms with Gasteiger partial charge in [0.2, 0.25) is 10.0 Å². The molecule has 0 spiro atoms. The molecule has 1 saturated heterocycles. The number of benzene rings is 1. The van der Waals surface area contributed by atoms with Crippen LogP contribution in [0.25, 0.3) is 0 Å². The third-order valence-corrected chi connectivity index (χ3v) is 8.48. The molecule has 1 aliphatic heterocycles. The number of hydrogen-bond donors (Lipinski definition) is 0. The summed E-state index contributed by atoms with van der Waals surface area (Å²) in [6.45, 7) is 2.95. The van der Waals surface area contributed by atoms with Crippen molar-refractivity contribution in [2.75, 3.05) is 67.3 Å². The van der Waals surface area contributed by atoms with Gasteiger partial charge in [0, 0.05) is 62.9 Å². The van der Waals surface area contributed by atoms with Crippen LogP contribution in [-0.2, 0) is 24.3 Å². The number of non-ortho nitro benzene ring substituents is 1. The van der Waals surface area contributed by atoms with Gasteiger partial charge in [-0.05, 0) is 24.6 Å². The van der Waals surface area contributed by atoms with Crippen LogP contribution in [0.1, 0.15) is 5.56 Å². The summed E-state index contributed by atoms with van der Waals surface area (Å²) >= 11 is 3.34. The second kappa shape index (κ2) is 11.8. The van der Waals surface area contributed by atoms with Gasteiger partial charge in [0.1, 0.15) is 10.7 Å². The maximum absolute atomic E-state index is 13.8. The van der Waals surface area contributed by atoms with E-state index in [-0.39, 0.29) is 42.5 Å². The molecule has 0 radical (unpaired) electrons. The first-order chi connectivity index (χ1) is 16.9. The van der Waals surface area contributed by atoms with Gasteiger partial charge in [-0.15, -0.1) is 0 Å². The fraction of sp³-hybridized carbons (Fsp3) is 0.476. The Morgan fingerprint density at radius 2 is 1.83 bits per heavy atom. The van der Waals surface area contributed by atoms with E-state index in [0.717, 1.165) is 18.1 Å². The standard InChI is InChI=1S/C21H28BrN5O7S2/c1-17-15-18(27(28)29)16-19(21(17)25(8-6-22)13-14-34-35(2,30)31)36(32,33)26-11-9-24(10-12-26)20-5-3-4-7-23-20/h3-5,7,15-16H,6,8-14H2,1-2H3. The molecule has 3 rings (SSSR count). The van der Waals surface area contributed by atoms with E-state index < -0.39 is 25.1 Å². The molecule has 2 aromatic rings. The summed E-state index contributed by atoms with van der Waals surface area (Å²) < 4.78 is 56.7. The van der Waals surface area contributed by atoms with Crippen molar-refractivity contribution >= 4 is 53.3 Å². The molecular weight excluding hydrogens is 578 g/mol. The van der Waals surface area contributed by atoms with Crippen molar-refractivity contribution in [1.29, 1.82) is 0 Å². The highest BCUT2D eigenvalue weighted by atomic mass is 79.9. The van der Waals surface area contributed by atoms with Gasteiger partial charge in [0.05, 0.1) is 23.5 Å². The second-order valence-electron chi connectivity index (χ2n) is 8.15. The Kier molecular flexibility index (Phi) is 9.27. The molecule has 0 aliphatic carbocycles. The molecule has 1 fully saturated rings. The number of alkyl halides is 1. The SMILES string of the molecule is Cc1cc([N+](=O)[O-])cc(S(=O)(=O)N2CCN(c3ccccn3)CC2)c1N(CCBr)CCOS(C)(=O)=O. The van der Waals surface area contributed by atoms with Gasteiger partial charge in [-0.3, -0.25) is 14.3 Å². The van der Waals surface area contributed by atoms with Crippen molar-refractivity contribution < 1.29 is 25.9 Å². The molecule has 2 heterocycles. The van der Waals surface area contributed by atoms with Crippen LogP contribution >= 0.6 is 15.9 Å². The van der Waals surface area contributed by atoms with Crippen LogP contribution in [0.15, 0.2) is 41.4 Å². The molecule has 1 aromatic carbocycles. The van der Waals surface area contributed by atoms with Crippen LogP contribution in [0.5, 0.6) is 0 Å². The maximum Gasteiger partial charge on any atom is 0.271 e. The van der Waals surface area contributed by atoms with E-state index >= 15 is 0 Å². The molecule has 15 heteroatoms. The van der Waals surface area contributed by atoms with Crippen molar-refractivity contribution in [3.05, 3.63) is 52.2 Å². The van der Waals surface area contributed by atoms with Crippen molar-refractivity contribution in [3.8, 4) is 0 Å². The van der Waals surface area contributed by atoms with E-state index in [1.807, 2.05) is 17.0 Å². The van der Waals surface area contributed by atoms with Crippen LogP contribution in [0.4, 0.5) is 17.2 Å². The number of aromatic nitrogens is 1. The number of nitro benzene ring substituents is 1. The Morgan fingerprint density at radius 3 is 2.39 bits per heavy atom. The first-order valence-corrected chi connectivity index (χ1v) is 15.4. The Hall–Kier alpha value is -2.33. The lowest BCUT2D eigenvalue weighted by Gasteiger charge is -2.36. The molecule has 0 bridgehead atoms. The Bertz CT molecular complexity index is 1290. The lowest BCUT2D eigenvalue weighted by Crippen LogP contribution is -2.49. The fourth-order valence-corrected chi connectivity index (χ4v) is 6.54. The van der Waals surface area contributed by atoms with Crippen LogP contribution < -0.4 is 9.80 Å². The largest absolute Gasteiger partial charge is 0.367 e. The molecule has 0 atom stereocenters. The minimum Gasteiger partial charge on any atom is -0.367 e. The number of anilines is 2. The average Bonchev–Trinajstić information content (AvgIpc) is 2.83. The van der Waals surface area contributed by atoms with Crippen LogP contribution in [0, 0.1) is 17.0 Å². The predicted molar refractivity (Wildman–Crippen MR) is 140 cm³/mol. The van der Waals surface area contributed by atoms with Crippen LogP contribution in [0.2, 0.25) is 0 Å². The zero-order chi connectivity index (χ0) is 26.5. The molecule has 0 amide bonds.